The SMILES string of the molecule is Cc1ccn([C@H](CC(C)C)C(=O)N[C@H](CC(=O)O)c2cc(-c3c(C)cccc3C)cn3ccnc23)c(=O)c1. The summed E-state index contributed by atoms with van der Waals surface area (Å²) >= 11 is 0. The maximum Gasteiger partial charge on any atom is 0.305 e. The number of carboxylic acid groups (broad SMARTS) is 1. The summed E-state index contributed by atoms with van der Waals surface area (Å²) in [6, 6.07) is 9.64. The van der Waals surface area contributed by atoms with E-state index in [1.54, 1.807) is 18.5 Å². The highest BCUT2D eigenvalue weighted by Gasteiger charge is 2.28. The van der Waals surface area contributed by atoms with Crippen LogP contribution in [0.15, 0.2) is 66.0 Å². The first-order valence-electron chi connectivity index (χ1n) is 12.8. The molecule has 0 aliphatic heterocycles. The van der Waals surface area contributed by atoms with E-state index in [-0.39, 0.29) is 17.9 Å². The smallest absolute Gasteiger partial charge is 0.305 e. The van der Waals surface area contributed by atoms with E-state index >= 15 is 0 Å². The number of carbonyl (C=O) groups is 2. The minimum Gasteiger partial charge on any atom is -0.481 e. The summed E-state index contributed by atoms with van der Waals surface area (Å²) in [6.07, 6.45) is 7.15. The number of aliphatic carboxylic acids is 1. The fourth-order valence-corrected chi connectivity index (χ4v) is 5.04. The molecule has 38 heavy (non-hydrogen) atoms. The van der Waals surface area contributed by atoms with Crippen molar-refractivity contribution in [1.29, 1.82) is 0 Å². The number of nitrogens with one attached hydrogen (secondary N) is 1. The Morgan fingerprint density at radius 2 is 1.76 bits per heavy atom. The van der Waals surface area contributed by atoms with Crippen molar-refractivity contribution in [1.82, 2.24) is 19.3 Å². The zero-order chi connectivity index (χ0) is 27.6. The number of fused-ring (bicyclic) bond motifs is 1. The van der Waals surface area contributed by atoms with Crippen LogP contribution in [0, 0.1) is 26.7 Å². The fourth-order valence-electron chi connectivity index (χ4n) is 5.04. The van der Waals surface area contributed by atoms with Gasteiger partial charge in [0.05, 0.1) is 12.5 Å². The third-order valence-electron chi connectivity index (χ3n) is 6.79. The van der Waals surface area contributed by atoms with E-state index in [4.69, 9.17) is 0 Å². The van der Waals surface area contributed by atoms with Crippen molar-refractivity contribution in [2.45, 2.75) is 59.5 Å². The molecule has 2 N–H and O–H groups in total. The van der Waals surface area contributed by atoms with Crippen LogP contribution in [0.2, 0.25) is 0 Å². The maximum absolute atomic E-state index is 13.7. The molecule has 1 aromatic carbocycles. The average Bonchev–Trinajstić information content (AvgIpc) is 3.30. The molecule has 4 rings (SSSR count). The van der Waals surface area contributed by atoms with Crippen LogP contribution in [0.3, 0.4) is 0 Å². The molecule has 0 spiro atoms. The molecule has 8 heteroatoms. The number of benzene rings is 1. The van der Waals surface area contributed by atoms with Gasteiger partial charge in [-0.25, -0.2) is 4.98 Å². The highest BCUT2D eigenvalue weighted by Crippen LogP contribution is 2.32. The number of carboxylic acids is 1. The van der Waals surface area contributed by atoms with Crippen molar-refractivity contribution in [3.05, 3.63) is 93.8 Å². The Balaban J connectivity index is 1.81. The number of imidazole rings is 1. The molecule has 4 aromatic rings. The lowest BCUT2D eigenvalue weighted by molar-refractivity contribution is -0.138. The standard InChI is InChI=1S/C30H34N4O4/c1-18(2)13-25(34-11-9-19(3)14-26(34)35)30(38)32-24(16-27(36)37)23-15-22(17-33-12-10-31-29(23)33)28-20(4)7-6-8-21(28)5/h6-12,14-15,17-18,24-25H,13,16H2,1-5H3,(H,32,38)(H,36,37)/t24-,25-/m1/s1. The lowest BCUT2D eigenvalue weighted by Crippen LogP contribution is -2.40. The van der Waals surface area contributed by atoms with Crippen LogP contribution in [0.25, 0.3) is 16.8 Å². The number of aromatic nitrogens is 3. The fraction of sp³-hybridized carbons (Fsp3) is 0.333. The molecule has 3 aromatic heterocycles. The van der Waals surface area contributed by atoms with E-state index in [0.29, 0.717) is 17.6 Å². The molecular weight excluding hydrogens is 480 g/mol. The van der Waals surface area contributed by atoms with Crippen molar-refractivity contribution in [3.63, 3.8) is 0 Å². The van der Waals surface area contributed by atoms with Crippen molar-refractivity contribution in [3.8, 4) is 11.1 Å². The zero-order valence-corrected chi connectivity index (χ0v) is 22.4. The van der Waals surface area contributed by atoms with Crippen LogP contribution >= 0.6 is 0 Å². The predicted octanol–water partition coefficient (Wildman–Crippen LogP) is 5.01. The normalized spacial score (nSPS) is 13.0. The molecule has 8 nitrogen and oxygen atoms in total. The monoisotopic (exact) mass is 514 g/mol. The first kappa shape index (κ1) is 26.9. The van der Waals surface area contributed by atoms with Gasteiger partial charge in [-0.1, -0.05) is 32.0 Å². The van der Waals surface area contributed by atoms with Crippen LogP contribution in [0.5, 0.6) is 0 Å². The molecule has 3 heterocycles. The third kappa shape index (κ3) is 5.69. The molecule has 0 unspecified atom stereocenters. The minimum atomic E-state index is -1.05. The summed E-state index contributed by atoms with van der Waals surface area (Å²) in [6.45, 7) is 9.86. The molecular formula is C30H34N4O4. The molecule has 0 fully saturated rings. The van der Waals surface area contributed by atoms with Gasteiger partial charge in [-0.3, -0.25) is 14.4 Å². The number of aryl methyl sites for hydroxylation is 3. The summed E-state index contributed by atoms with van der Waals surface area (Å²) in [4.78, 5) is 43.0. The van der Waals surface area contributed by atoms with Gasteiger partial charge in [-0.15, -0.1) is 0 Å². The molecule has 0 saturated heterocycles. The molecule has 1 amide bonds. The molecule has 0 aliphatic rings. The van der Waals surface area contributed by atoms with Gasteiger partial charge in [0.2, 0.25) is 5.91 Å². The van der Waals surface area contributed by atoms with Crippen LogP contribution in [-0.2, 0) is 9.59 Å². The number of amides is 1. The van der Waals surface area contributed by atoms with Crippen molar-refractivity contribution in [2.24, 2.45) is 5.92 Å². The van der Waals surface area contributed by atoms with Gasteiger partial charge in [-0.2, -0.15) is 0 Å². The van der Waals surface area contributed by atoms with E-state index in [0.717, 1.165) is 27.8 Å². The molecule has 2 atom stereocenters. The highest BCUT2D eigenvalue weighted by atomic mass is 16.4. The Hall–Kier alpha value is -4.20. The second kappa shape index (κ2) is 11.0. The Labute approximate surface area is 222 Å². The molecule has 0 aliphatic carbocycles. The first-order chi connectivity index (χ1) is 18.0. The molecule has 0 radical (unpaired) electrons. The largest absolute Gasteiger partial charge is 0.481 e. The van der Waals surface area contributed by atoms with Gasteiger partial charge in [0.25, 0.3) is 5.56 Å². The van der Waals surface area contributed by atoms with Crippen molar-refractivity contribution in [2.75, 3.05) is 0 Å². The zero-order valence-electron chi connectivity index (χ0n) is 22.4. The summed E-state index contributed by atoms with van der Waals surface area (Å²) < 4.78 is 3.28. The van der Waals surface area contributed by atoms with Gasteiger partial charge < -0.3 is 19.4 Å². The second-order valence-electron chi connectivity index (χ2n) is 10.4. The van der Waals surface area contributed by atoms with E-state index in [1.165, 1.54) is 10.6 Å². The Bertz CT molecular complexity index is 1530. The number of hydrogen-bond donors (Lipinski definition) is 2. The van der Waals surface area contributed by atoms with E-state index in [1.807, 2.05) is 75.7 Å². The van der Waals surface area contributed by atoms with Crippen LogP contribution in [0.1, 0.15) is 61.0 Å². The van der Waals surface area contributed by atoms with Gasteiger partial charge >= 0.3 is 5.97 Å². The van der Waals surface area contributed by atoms with E-state index < -0.39 is 24.0 Å². The lowest BCUT2D eigenvalue weighted by Gasteiger charge is -2.25. The molecule has 198 valence electrons. The first-order valence-corrected chi connectivity index (χ1v) is 12.8. The quantitative estimate of drug-likeness (QED) is 0.327. The molecule has 0 saturated carbocycles. The number of rotatable bonds is 9. The summed E-state index contributed by atoms with van der Waals surface area (Å²) in [5.41, 5.74) is 5.84. The van der Waals surface area contributed by atoms with Crippen LogP contribution < -0.4 is 10.9 Å². The predicted molar refractivity (Wildman–Crippen MR) is 147 cm³/mol. The van der Waals surface area contributed by atoms with E-state index in [2.05, 4.69) is 10.3 Å². The van der Waals surface area contributed by atoms with Gasteiger partial charge in [0.1, 0.15) is 11.7 Å². The Kier molecular flexibility index (Phi) is 7.80. The van der Waals surface area contributed by atoms with Gasteiger partial charge in [0, 0.05) is 36.4 Å². The topological polar surface area (TPSA) is 106 Å². The van der Waals surface area contributed by atoms with Crippen molar-refractivity contribution >= 4 is 17.5 Å². The van der Waals surface area contributed by atoms with Gasteiger partial charge in [0.15, 0.2) is 0 Å². The Morgan fingerprint density at radius 1 is 1.05 bits per heavy atom. The van der Waals surface area contributed by atoms with Crippen molar-refractivity contribution < 1.29 is 14.7 Å². The highest BCUT2D eigenvalue weighted by molar-refractivity contribution is 5.82. The minimum absolute atomic E-state index is 0.128. The Morgan fingerprint density at radius 3 is 2.39 bits per heavy atom. The number of nitrogens with zero attached hydrogens (tertiary/aromatic N) is 3. The van der Waals surface area contributed by atoms with E-state index in [9.17, 15) is 19.5 Å². The van der Waals surface area contributed by atoms with Gasteiger partial charge in [-0.05, 0) is 73.1 Å². The third-order valence-corrected chi connectivity index (χ3v) is 6.79. The second-order valence-corrected chi connectivity index (χ2v) is 10.4. The number of pyridine rings is 2. The van der Waals surface area contributed by atoms with Crippen LogP contribution in [-0.4, -0.2) is 30.9 Å². The summed E-state index contributed by atoms with van der Waals surface area (Å²) in [7, 11) is 0. The molecule has 0 bridgehead atoms. The van der Waals surface area contributed by atoms with Crippen LogP contribution in [0.4, 0.5) is 0 Å². The number of hydrogen-bond acceptors (Lipinski definition) is 4. The summed E-state index contributed by atoms with van der Waals surface area (Å²) in [5.74, 6) is -1.33. The lowest BCUT2D eigenvalue weighted by atomic mass is 9.94. The summed E-state index contributed by atoms with van der Waals surface area (Å²) in [5, 5.41) is 12.8. The maximum atomic E-state index is 13.7. The average molecular weight is 515 g/mol. The number of carbonyl (C=O) groups excluding carboxylic acids is 1.